The first kappa shape index (κ1) is 18.1. The number of aromatic nitrogens is 2. The molecule has 4 bridgehead atoms. The SMILES string of the molecule is O=C(CC12CC3CC(CC(O)(C3)C1)C2)OCc1nc2sc3c(c2c(=O)[nH]1)CCC3. The van der Waals surface area contributed by atoms with E-state index in [1.807, 2.05) is 0 Å². The van der Waals surface area contributed by atoms with Gasteiger partial charge in [-0.2, -0.15) is 0 Å². The number of fused-ring (bicyclic) bond motifs is 3. The molecule has 0 spiro atoms. The molecule has 7 rings (SSSR count). The summed E-state index contributed by atoms with van der Waals surface area (Å²) >= 11 is 1.59. The summed E-state index contributed by atoms with van der Waals surface area (Å²) in [4.78, 5) is 34.6. The van der Waals surface area contributed by atoms with Crippen molar-refractivity contribution in [3.63, 3.8) is 0 Å². The zero-order valence-corrected chi connectivity index (χ0v) is 17.3. The number of aryl methyl sites for hydroxylation is 2. The Kier molecular flexibility index (Phi) is 3.83. The number of aromatic amines is 1. The lowest BCUT2D eigenvalue weighted by Crippen LogP contribution is -2.56. The number of hydrogen-bond acceptors (Lipinski definition) is 6. The Hall–Kier alpha value is -1.73. The molecule has 0 radical (unpaired) electrons. The first-order valence-corrected chi connectivity index (χ1v) is 11.6. The molecule has 0 saturated heterocycles. The van der Waals surface area contributed by atoms with Gasteiger partial charge in [0.15, 0.2) is 0 Å². The van der Waals surface area contributed by atoms with Gasteiger partial charge < -0.3 is 14.8 Å². The van der Waals surface area contributed by atoms with Crippen molar-refractivity contribution in [2.45, 2.75) is 76.4 Å². The molecule has 5 aliphatic rings. The lowest BCUT2D eigenvalue weighted by atomic mass is 9.47. The Morgan fingerprint density at radius 3 is 2.79 bits per heavy atom. The van der Waals surface area contributed by atoms with Crippen molar-refractivity contribution >= 4 is 27.5 Å². The molecule has 2 heterocycles. The molecule has 2 aromatic heterocycles. The molecule has 2 unspecified atom stereocenters. The Morgan fingerprint density at radius 1 is 1.24 bits per heavy atom. The number of esters is 1. The number of nitrogens with zero attached hydrogens (tertiary/aromatic N) is 1. The molecule has 4 fully saturated rings. The number of hydrogen-bond donors (Lipinski definition) is 2. The van der Waals surface area contributed by atoms with Gasteiger partial charge in [0.1, 0.15) is 17.3 Å². The molecule has 2 atom stereocenters. The van der Waals surface area contributed by atoms with Crippen LogP contribution >= 0.6 is 11.3 Å². The highest BCUT2D eigenvalue weighted by molar-refractivity contribution is 7.18. The van der Waals surface area contributed by atoms with Gasteiger partial charge in [0.25, 0.3) is 5.56 Å². The van der Waals surface area contributed by atoms with E-state index in [0.29, 0.717) is 24.1 Å². The summed E-state index contributed by atoms with van der Waals surface area (Å²) in [5.41, 5.74) is 0.364. The van der Waals surface area contributed by atoms with Crippen molar-refractivity contribution in [3.8, 4) is 0 Å². The summed E-state index contributed by atoms with van der Waals surface area (Å²) in [6, 6.07) is 0. The summed E-state index contributed by atoms with van der Waals surface area (Å²) in [5, 5.41) is 11.6. The maximum absolute atomic E-state index is 12.6. The first-order valence-electron chi connectivity index (χ1n) is 10.8. The minimum atomic E-state index is -0.568. The normalized spacial score (nSPS) is 34.7. The second kappa shape index (κ2) is 6.14. The quantitative estimate of drug-likeness (QED) is 0.750. The van der Waals surface area contributed by atoms with Crippen LogP contribution in [0.25, 0.3) is 10.2 Å². The van der Waals surface area contributed by atoms with Gasteiger partial charge in [-0.15, -0.1) is 11.3 Å². The second-order valence-electron chi connectivity index (χ2n) is 10.1. The van der Waals surface area contributed by atoms with Gasteiger partial charge in [0.05, 0.1) is 17.4 Å². The lowest BCUT2D eigenvalue weighted by Gasteiger charge is -2.60. The van der Waals surface area contributed by atoms with Crippen LogP contribution in [0.2, 0.25) is 0 Å². The maximum Gasteiger partial charge on any atom is 0.306 e. The van der Waals surface area contributed by atoms with Crippen molar-refractivity contribution < 1.29 is 14.6 Å². The number of carbonyl (C=O) groups excluding carboxylic acids is 1. The highest BCUT2D eigenvalue weighted by atomic mass is 32.1. The van der Waals surface area contributed by atoms with Crippen LogP contribution < -0.4 is 5.56 Å². The molecule has 0 aromatic carbocycles. The number of H-pyrrole nitrogens is 1. The molecule has 2 N–H and O–H groups in total. The molecule has 5 aliphatic carbocycles. The van der Waals surface area contributed by atoms with Crippen LogP contribution in [-0.4, -0.2) is 26.6 Å². The Balaban J connectivity index is 1.16. The fourth-order valence-corrected chi connectivity index (χ4v) is 8.51. The standard InChI is InChI=1S/C22H26N2O4S/c25-17(9-21-5-12-4-13(6-21)8-22(27,7-12)11-21)28-10-16-23-19(26)18-14-2-1-3-15(14)29-20(18)24-16/h12-13,27H,1-11H2,(H,23,24,26). The van der Waals surface area contributed by atoms with E-state index in [2.05, 4.69) is 9.97 Å². The molecule has 29 heavy (non-hydrogen) atoms. The van der Waals surface area contributed by atoms with E-state index in [9.17, 15) is 14.7 Å². The number of aliphatic hydroxyl groups is 1. The number of carbonyl (C=O) groups is 1. The molecule has 2 aromatic rings. The van der Waals surface area contributed by atoms with Gasteiger partial charge >= 0.3 is 5.97 Å². The van der Waals surface area contributed by atoms with E-state index in [1.54, 1.807) is 11.3 Å². The Labute approximate surface area is 172 Å². The van der Waals surface area contributed by atoms with Gasteiger partial charge in [-0.05, 0) is 80.6 Å². The van der Waals surface area contributed by atoms with Crippen molar-refractivity contribution in [1.82, 2.24) is 9.97 Å². The summed E-state index contributed by atoms with van der Waals surface area (Å²) in [5.74, 6) is 1.28. The third-order valence-corrected chi connectivity index (χ3v) is 8.85. The average Bonchev–Trinajstić information content (AvgIpc) is 3.17. The Morgan fingerprint density at radius 2 is 2.03 bits per heavy atom. The fraction of sp³-hybridized carbons (Fsp3) is 0.682. The highest BCUT2D eigenvalue weighted by Crippen LogP contribution is 2.62. The smallest absolute Gasteiger partial charge is 0.306 e. The number of thiophene rings is 1. The summed E-state index contributed by atoms with van der Waals surface area (Å²) in [6.45, 7) is -0.000213. The van der Waals surface area contributed by atoms with E-state index < -0.39 is 5.60 Å². The van der Waals surface area contributed by atoms with Crippen LogP contribution in [0.4, 0.5) is 0 Å². The summed E-state index contributed by atoms with van der Waals surface area (Å²) in [7, 11) is 0. The predicted molar refractivity (Wildman–Crippen MR) is 109 cm³/mol. The minimum absolute atomic E-state index is 0.000213. The highest BCUT2D eigenvalue weighted by Gasteiger charge is 2.57. The van der Waals surface area contributed by atoms with Crippen molar-refractivity contribution in [2.75, 3.05) is 0 Å². The summed E-state index contributed by atoms with van der Waals surface area (Å²) < 4.78 is 5.53. The van der Waals surface area contributed by atoms with Gasteiger partial charge in [-0.1, -0.05) is 0 Å². The van der Waals surface area contributed by atoms with E-state index in [-0.39, 0.29) is 23.6 Å². The van der Waals surface area contributed by atoms with E-state index in [0.717, 1.165) is 67.1 Å². The zero-order chi connectivity index (χ0) is 19.8. The van der Waals surface area contributed by atoms with Crippen LogP contribution in [-0.2, 0) is 29.0 Å². The van der Waals surface area contributed by atoms with Gasteiger partial charge in [-0.25, -0.2) is 4.98 Å². The monoisotopic (exact) mass is 414 g/mol. The largest absolute Gasteiger partial charge is 0.457 e. The van der Waals surface area contributed by atoms with Crippen LogP contribution in [0, 0.1) is 17.3 Å². The molecule has 7 heteroatoms. The van der Waals surface area contributed by atoms with Gasteiger partial charge in [0.2, 0.25) is 0 Å². The van der Waals surface area contributed by atoms with E-state index >= 15 is 0 Å². The third-order valence-electron chi connectivity index (χ3n) is 7.66. The third kappa shape index (κ3) is 2.96. The maximum atomic E-state index is 12.6. The fourth-order valence-electron chi connectivity index (χ4n) is 7.23. The molecular formula is C22H26N2O4S. The van der Waals surface area contributed by atoms with E-state index in [1.165, 1.54) is 11.3 Å². The van der Waals surface area contributed by atoms with Gasteiger partial charge in [-0.3, -0.25) is 9.59 Å². The zero-order valence-electron chi connectivity index (χ0n) is 16.5. The molecule has 0 amide bonds. The van der Waals surface area contributed by atoms with E-state index in [4.69, 9.17) is 4.74 Å². The van der Waals surface area contributed by atoms with Crippen molar-refractivity contribution in [1.29, 1.82) is 0 Å². The van der Waals surface area contributed by atoms with Crippen LogP contribution in [0.15, 0.2) is 4.79 Å². The molecule has 154 valence electrons. The van der Waals surface area contributed by atoms with Gasteiger partial charge in [0, 0.05) is 4.88 Å². The van der Waals surface area contributed by atoms with Crippen molar-refractivity contribution in [3.05, 3.63) is 26.6 Å². The minimum Gasteiger partial charge on any atom is -0.457 e. The van der Waals surface area contributed by atoms with Crippen LogP contribution in [0.3, 0.4) is 0 Å². The number of rotatable bonds is 4. The summed E-state index contributed by atoms with van der Waals surface area (Å²) in [6.07, 6.45) is 9.23. The van der Waals surface area contributed by atoms with Crippen LogP contribution in [0.5, 0.6) is 0 Å². The van der Waals surface area contributed by atoms with Crippen LogP contribution in [0.1, 0.15) is 67.6 Å². The predicted octanol–water partition coefficient (Wildman–Crippen LogP) is 3.24. The molecule has 4 saturated carbocycles. The number of nitrogens with one attached hydrogen (secondary N) is 1. The Bertz CT molecular complexity index is 1060. The lowest BCUT2D eigenvalue weighted by molar-refractivity contribution is -0.177. The topological polar surface area (TPSA) is 92.3 Å². The number of ether oxygens (including phenoxy) is 1. The molecule has 0 aliphatic heterocycles. The molecule has 6 nitrogen and oxygen atoms in total. The van der Waals surface area contributed by atoms with Crippen molar-refractivity contribution in [2.24, 2.45) is 17.3 Å². The first-order chi connectivity index (χ1) is 13.9. The second-order valence-corrected chi connectivity index (χ2v) is 11.2. The average molecular weight is 415 g/mol. The molecular weight excluding hydrogens is 388 g/mol.